The highest BCUT2D eigenvalue weighted by Crippen LogP contribution is 2.28. The monoisotopic (exact) mass is 308 g/mol. The highest BCUT2D eigenvalue weighted by Gasteiger charge is 2.37. The first-order valence-electron chi connectivity index (χ1n) is 7.85. The summed E-state index contributed by atoms with van der Waals surface area (Å²) in [7, 11) is 0. The molecule has 0 aromatic heterocycles. The van der Waals surface area contributed by atoms with Crippen molar-refractivity contribution in [3.8, 4) is 0 Å². The van der Waals surface area contributed by atoms with Crippen molar-refractivity contribution < 1.29 is 4.79 Å². The zero-order valence-electron chi connectivity index (χ0n) is 13.1. The predicted molar refractivity (Wildman–Crippen MR) is 87.2 cm³/mol. The lowest BCUT2D eigenvalue weighted by Crippen LogP contribution is -2.32. The van der Waals surface area contributed by atoms with E-state index in [9.17, 15) is 4.79 Å². The number of rotatable bonds is 6. The Morgan fingerprint density at radius 1 is 1.29 bits per heavy atom. The number of benzene rings is 1. The van der Waals surface area contributed by atoms with E-state index in [4.69, 9.17) is 11.6 Å². The van der Waals surface area contributed by atoms with Gasteiger partial charge in [-0.15, -0.1) is 0 Å². The van der Waals surface area contributed by atoms with Crippen LogP contribution in [0.1, 0.15) is 51.8 Å². The summed E-state index contributed by atoms with van der Waals surface area (Å²) in [6.07, 6.45) is 3.00. The molecule has 4 heteroatoms. The minimum atomic E-state index is -0.0651. The molecule has 2 unspecified atom stereocenters. The minimum absolute atomic E-state index is 0.0214. The van der Waals surface area contributed by atoms with Gasteiger partial charge in [0.15, 0.2) is 0 Å². The van der Waals surface area contributed by atoms with E-state index < -0.39 is 0 Å². The molecule has 1 aliphatic heterocycles. The molecule has 1 fully saturated rings. The van der Waals surface area contributed by atoms with E-state index in [1.165, 1.54) is 0 Å². The standard InChI is InChI=1S/C17H25ClN2O/c1-4-15-17(21)20(11-5-6-12(2)3)16(19-15)13-7-9-14(18)10-8-13/h7-10,12,15-16,19H,4-6,11H2,1-3H3. The number of nitrogens with one attached hydrogen (secondary N) is 1. The summed E-state index contributed by atoms with van der Waals surface area (Å²) in [5.41, 5.74) is 1.10. The number of hydrogen-bond donors (Lipinski definition) is 1. The Labute approximate surface area is 132 Å². The molecule has 0 spiro atoms. The lowest BCUT2D eigenvalue weighted by atomic mass is 10.1. The molecule has 2 rings (SSSR count). The fourth-order valence-electron chi connectivity index (χ4n) is 2.80. The molecule has 0 saturated carbocycles. The number of nitrogens with zero attached hydrogens (tertiary/aromatic N) is 1. The molecule has 0 aliphatic carbocycles. The second-order valence-electron chi connectivity index (χ2n) is 6.15. The summed E-state index contributed by atoms with van der Waals surface area (Å²) in [6.45, 7) is 7.30. The maximum absolute atomic E-state index is 12.5. The van der Waals surface area contributed by atoms with Crippen LogP contribution < -0.4 is 5.32 Å². The number of carbonyl (C=O) groups is 1. The third-order valence-electron chi connectivity index (χ3n) is 4.03. The van der Waals surface area contributed by atoms with Crippen molar-refractivity contribution in [2.24, 2.45) is 5.92 Å². The van der Waals surface area contributed by atoms with Gasteiger partial charge < -0.3 is 4.90 Å². The topological polar surface area (TPSA) is 32.3 Å². The van der Waals surface area contributed by atoms with Crippen LogP contribution in [0.3, 0.4) is 0 Å². The minimum Gasteiger partial charge on any atom is -0.322 e. The molecular weight excluding hydrogens is 284 g/mol. The summed E-state index contributed by atoms with van der Waals surface area (Å²) < 4.78 is 0. The molecule has 116 valence electrons. The van der Waals surface area contributed by atoms with Crippen molar-refractivity contribution in [1.82, 2.24) is 10.2 Å². The lowest BCUT2D eigenvalue weighted by molar-refractivity contribution is -0.130. The van der Waals surface area contributed by atoms with Crippen LogP contribution in [0.4, 0.5) is 0 Å². The summed E-state index contributed by atoms with van der Waals surface area (Å²) in [6, 6.07) is 7.70. The van der Waals surface area contributed by atoms with Gasteiger partial charge >= 0.3 is 0 Å². The molecule has 1 aliphatic rings. The molecule has 2 atom stereocenters. The van der Waals surface area contributed by atoms with Crippen LogP contribution >= 0.6 is 11.6 Å². The average Bonchev–Trinajstić information content (AvgIpc) is 2.76. The Morgan fingerprint density at radius 3 is 2.52 bits per heavy atom. The highest BCUT2D eigenvalue weighted by atomic mass is 35.5. The normalized spacial score (nSPS) is 22.3. The predicted octanol–water partition coefficient (Wildman–Crippen LogP) is 3.99. The Balaban J connectivity index is 2.12. The first-order chi connectivity index (χ1) is 10.0. The maximum Gasteiger partial charge on any atom is 0.241 e. The smallest absolute Gasteiger partial charge is 0.241 e. The first-order valence-corrected chi connectivity index (χ1v) is 8.22. The van der Waals surface area contributed by atoms with Crippen molar-refractivity contribution in [3.63, 3.8) is 0 Å². The molecule has 0 radical (unpaired) electrons. The fourth-order valence-corrected chi connectivity index (χ4v) is 2.93. The van der Waals surface area contributed by atoms with Crippen LogP contribution in [0.25, 0.3) is 0 Å². The first kappa shape index (κ1) is 16.3. The summed E-state index contributed by atoms with van der Waals surface area (Å²) in [5.74, 6) is 0.896. The van der Waals surface area contributed by atoms with E-state index in [1.807, 2.05) is 36.1 Å². The molecule has 1 aromatic rings. The number of carbonyl (C=O) groups excluding carboxylic acids is 1. The number of hydrogen-bond acceptors (Lipinski definition) is 2. The second-order valence-corrected chi connectivity index (χ2v) is 6.59. The molecular formula is C17H25ClN2O. The van der Waals surface area contributed by atoms with Crippen LogP contribution in [0.5, 0.6) is 0 Å². The molecule has 1 saturated heterocycles. The molecule has 1 amide bonds. The van der Waals surface area contributed by atoms with Crippen LogP contribution in [-0.4, -0.2) is 23.4 Å². The third-order valence-corrected chi connectivity index (χ3v) is 4.28. The summed E-state index contributed by atoms with van der Waals surface area (Å²) >= 11 is 5.96. The van der Waals surface area contributed by atoms with Gasteiger partial charge in [0.05, 0.1) is 6.04 Å². The van der Waals surface area contributed by atoms with Gasteiger partial charge in [-0.1, -0.05) is 44.5 Å². The van der Waals surface area contributed by atoms with Gasteiger partial charge in [-0.25, -0.2) is 0 Å². The zero-order valence-corrected chi connectivity index (χ0v) is 13.9. The molecule has 21 heavy (non-hydrogen) atoms. The van der Waals surface area contributed by atoms with Crippen molar-refractivity contribution in [2.75, 3.05) is 6.54 Å². The SMILES string of the molecule is CCC1NC(c2ccc(Cl)cc2)N(CCCC(C)C)C1=O. The number of halogens is 1. The van der Waals surface area contributed by atoms with Gasteiger partial charge in [0.2, 0.25) is 5.91 Å². The Morgan fingerprint density at radius 2 is 1.95 bits per heavy atom. The Kier molecular flexibility index (Phi) is 5.65. The van der Waals surface area contributed by atoms with Crippen molar-refractivity contribution >= 4 is 17.5 Å². The highest BCUT2D eigenvalue weighted by molar-refractivity contribution is 6.30. The van der Waals surface area contributed by atoms with Gasteiger partial charge in [-0.2, -0.15) is 0 Å². The van der Waals surface area contributed by atoms with Gasteiger partial charge in [0.25, 0.3) is 0 Å². The molecule has 3 nitrogen and oxygen atoms in total. The fraction of sp³-hybridized carbons (Fsp3) is 0.588. The van der Waals surface area contributed by atoms with Crippen LogP contribution in [0, 0.1) is 5.92 Å². The molecule has 1 aromatic carbocycles. The van der Waals surface area contributed by atoms with Crippen LogP contribution in [0.15, 0.2) is 24.3 Å². The van der Waals surface area contributed by atoms with Crippen molar-refractivity contribution in [2.45, 2.75) is 52.2 Å². The van der Waals surface area contributed by atoms with Crippen LogP contribution in [0.2, 0.25) is 5.02 Å². The second kappa shape index (κ2) is 7.28. The molecule has 1 heterocycles. The van der Waals surface area contributed by atoms with E-state index in [1.54, 1.807) is 0 Å². The summed E-state index contributed by atoms with van der Waals surface area (Å²) in [5, 5.41) is 4.17. The van der Waals surface area contributed by atoms with E-state index in [2.05, 4.69) is 19.2 Å². The largest absolute Gasteiger partial charge is 0.322 e. The Bertz CT molecular complexity index is 472. The van der Waals surface area contributed by atoms with E-state index in [0.29, 0.717) is 5.92 Å². The maximum atomic E-state index is 12.5. The molecule has 0 bridgehead atoms. The van der Waals surface area contributed by atoms with Gasteiger partial charge in [-0.3, -0.25) is 10.1 Å². The van der Waals surface area contributed by atoms with E-state index in [-0.39, 0.29) is 18.1 Å². The van der Waals surface area contributed by atoms with Crippen molar-refractivity contribution in [3.05, 3.63) is 34.9 Å². The van der Waals surface area contributed by atoms with Gasteiger partial charge in [-0.05, 0) is 42.9 Å². The molecule has 1 N–H and O–H groups in total. The average molecular weight is 309 g/mol. The lowest BCUT2D eigenvalue weighted by Gasteiger charge is -2.25. The van der Waals surface area contributed by atoms with Gasteiger partial charge in [0.1, 0.15) is 6.17 Å². The number of amides is 1. The van der Waals surface area contributed by atoms with Crippen molar-refractivity contribution in [1.29, 1.82) is 0 Å². The van der Waals surface area contributed by atoms with Crippen LogP contribution in [-0.2, 0) is 4.79 Å². The third kappa shape index (κ3) is 3.98. The zero-order chi connectivity index (χ0) is 15.4. The summed E-state index contributed by atoms with van der Waals surface area (Å²) in [4.78, 5) is 14.5. The van der Waals surface area contributed by atoms with E-state index in [0.717, 1.165) is 36.4 Å². The van der Waals surface area contributed by atoms with E-state index >= 15 is 0 Å². The Hall–Kier alpha value is -1.06. The quantitative estimate of drug-likeness (QED) is 0.862. The van der Waals surface area contributed by atoms with Gasteiger partial charge in [0, 0.05) is 11.6 Å².